The van der Waals surface area contributed by atoms with Crippen LogP contribution in [-0.2, 0) is 0 Å². The van der Waals surface area contributed by atoms with Gasteiger partial charge in [0.25, 0.3) is 0 Å². The average Bonchev–Trinajstić information content (AvgIpc) is 2.83. The van der Waals surface area contributed by atoms with Crippen molar-refractivity contribution in [2.75, 3.05) is 6.54 Å². The van der Waals surface area contributed by atoms with Crippen LogP contribution in [0.5, 0.6) is 0 Å². The summed E-state index contributed by atoms with van der Waals surface area (Å²) in [6.45, 7) is 4.99. The van der Waals surface area contributed by atoms with E-state index in [-0.39, 0.29) is 11.9 Å². The van der Waals surface area contributed by atoms with Crippen LogP contribution in [0.4, 0.5) is 4.39 Å². The van der Waals surface area contributed by atoms with Gasteiger partial charge in [-0.15, -0.1) is 0 Å². The fraction of sp³-hybridized carbons (Fsp3) is 0.286. The third kappa shape index (κ3) is 2.56. The summed E-state index contributed by atoms with van der Waals surface area (Å²) in [4.78, 5) is 0. The molecular formula is C14H16FNO. The first kappa shape index (κ1) is 11.9. The fourth-order valence-corrected chi connectivity index (χ4v) is 1.86. The molecule has 1 N–H and O–H groups in total. The molecule has 17 heavy (non-hydrogen) atoms. The first-order chi connectivity index (χ1) is 8.22. The smallest absolute Gasteiger partial charge is 0.136 e. The summed E-state index contributed by atoms with van der Waals surface area (Å²) in [5, 5.41) is 3.30. The van der Waals surface area contributed by atoms with Crippen molar-refractivity contribution in [3.63, 3.8) is 0 Å². The molecule has 2 rings (SSSR count). The van der Waals surface area contributed by atoms with Crippen LogP contribution in [0, 0.1) is 5.82 Å². The zero-order valence-electron chi connectivity index (χ0n) is 10.0. The van der Waals surface area contributed by atoms with Crippen LogP contribution in [0.2, 0.25) is 0 Å². The standard InChI is InChI=1S/C14H16FNO/c1-3-16-10(2)11-6-7-13(15)12(9-11)14-5-4-8-17-14/h4-10,16H,3H2,1-2H3. The van der Waals surface area contributed by atoms with E-state index in [1.54, 1.807) is 24.5 Å². The number of nitrogens with one attached hydrogen (secondary N) is 1. The Labute approximate surface area is 100 Å². The number of hydrogen-bond donors (Lipinski definition) is 1. The second kappa shape index (κ2) is 5.15. The monoisotopic (exact) mass is 233 g/mol. The predicted octanol–water partition coefficient (Wildman–Crippen LogP) is 3.76. The normalized spacial score (nSPS) is 12.6. The van der Waals surface area contributed by atoms with Crippen LogP contribution in [0.1, 0.15) is 25.5 Å². The Kier molecular flexibility index (Phi) is 3.59. The maximum atomic E-state index is 13.7. The van der Waals surface area contributed by atoms with Crippen molar-refractivity contribution in [1.29, 1.82) is 0 Å². The van der Waals surface area contributed by atoms with Gasteiger partial charge in [0.15, 0.2) is 0 Å². The van der Waals surface area contributed by atoms with Crippen molar-refractivity contribution in [1.82, 2.24) is 5.32 Å². The molecular weight excluding hydrogens is 217 g/mol. The van der Waals surface area contributed by atoms with Gasteiger partial charge < -0.3 is 9.73 Å². The Hall–Kier alpha value is -1.61. The molecule has 0 saturated heterocycles. The van der Waals surface area contributed by atoms with Crippen LogP contribution < -0.4 is 5.32 Å². The van der Waals surface area contributed by atoms with Gasteiger partial charge in [0.2, 0.25) is 0 Å². The quantitative estimate of drug-likeness (QED) is 0.869. The van der Waals surface area contributed by atoms with Crippen molar-refractivity contribution in [3.05, 3.63) is 48.0 Å². The van der Waals surface area contributed by atoms with Gasteiger partial charge in [-0.1, -0.05) is 13.0 Å². The van der Waals surface area contributed by atoms with Crippen molar-refractivity contribution in [2.24, 2.45) is 0 Å². The SMILES string of the molecule is CCNC(C)c1ccc(F)c(-c2ccco2)c1. The number of hydrogen-bond acceptors (Lipinski definition) is 2. The van der Waals surface area contributed by atoms with Gasteiger partial charge in [0.05, 0.1) is 11.8 Å². The molecule has 1 unspecified atom stereocenters. The largest absolute Gasteiger partial charge is 0.464 e. The first-order valence-corrected chi connectivity index (χ1v) is 5.79. The first-order valence-electron chi connectivity index (χ1n) is 5.79. The average molecular weight is 233 g/mol. The topological polar surface area (TPSA) is 25.2 Å². The molecule has 0 radical (unpaired) electrons. The zero-order chi connectivity index (χ0) is 12.3. The van der Waals surface area contributed by atoms with Gasteiger partial charge in [-0.3, -0.25) is 0 Å². The molecule has 0 fully saturated rings. The molecule has 1 atom stereocenters. The predicted molar refractivity (Wildman–Crippen MR) is 66.2 cm³/mol. The van der Waals surface area contributed by atoms with Crippen molar-refractivity contribution >= 4 is 0 Å². The summed E-state index contributed by atoms with van der Waals surface area (Å²) in [5.41, 5.74) is 1.57. The summed E-state index contributed by atoms with van der Waals surface area (Å²) >= 11 is 0. The van der Waals surface area contributed by atoms with E-state index in [1.807, 2.05) is 13.0 Å². The third-order valence-electron chi connectivity index (χ3n) is 2.79. The summed E-state index contributed by atoms with van der Waals surface area (Å²) in [6.07, 6.45) is 1.55. The van der Waals surface area contributed by atoms with E-state index in [0.29, 0.717) is 11.3 Å². The van der Waals surface area contributed by atoms with Crippen molar-refractivity contribution < 1.29 is 8.81 Å². The molecule has 0 saturated carbocycles. The van der Waals surface area contributed by atoms with Crippen LogP contribution >= 0.6 is 0 Å². The molecule has 0 aliphatic rings. The zero-order valence-corrected chi connectivity index (χ0v) is 10.0. The van der Waals surface area contributed by atoms with Gasteiger partial charge in [-0.05, 0) is 43.3 Å². The van der Waals surface area contributed by atoms with Gasteiger partial charge in [-0.2, -0.15) is 0 Å². The van der Waals surface area contributed by atoms with Crippen LogP contribution in [0.15, 0.2) is 41.0 Å². The van der Waals surface area contributed by atoms with Gasteiger partial charge in [0.1, 0.15) is 11.6 Å². The van der Waals surface area contributed by atoms with E-state index >= 15 is 0 Å². The van der Waals surface area contributed by atoms with E-state index in [4.69, 9.17) is 4.42 Å². The highest BCUT2D eigenvalue weighted by molar-refractivity contribution is 5.59. The van der Waals surface area contributed by atoms with Crippen molar-refractivity contribution in [2.45, 2.75) is 19.9 Å². The van der Waals surface area contributed by atoms with Crippen LogP contribution in [0.25, 0.3) is 11.3 Å². The maximum Gasteiger partial charge on any atom is 0.136 e. The Bertz CT molecular complexity index is 479. The third-order valence-corrected chi connectivity index (χ3v) is 2.79. The lowest BCUT2D eigenvalue weighted by molar-refractivity contribution is 0.566. The maximum absolute atomic E-state index is 13.7. The fourth-order valence-electron chi connectivity index (χ4n) is 1.86. The highest BCUT2D eigenvalue weighted by Gasteiger charge is 2.11. The highest BCUT2D eigenvalue weighted by atomic mass is 19.1. The summed E-state index contributed by atoms with van der Waals surface area (Å²) in [6, 6.07) is 8.85. The van der Waals surface area contributed by atoms with Gasteiger partial charge in [-0.25, -0.2) is 4.39 Å². The van der Waals surface area contributed by atoms with E-state index in [1.165, 1.54) is 6.07 Å². The van der Waals surface area contributed by atoms with Crippen LogP contribution in [-0.4, -0.2) is 6.54 Å². The molecule has 0 spiro atoms. The van der Waals surface area contributed by atoms with Crippen LogP contribution in [0.3, 0.4) is 0 Å². The van der Waals surface area contributed by atoms with Gasteiger partial charge >= 0.3 is 0 Å². The second-order valence-electron chi connectivity index (χ2n) is 4.00. The molecule has 1 heterocycles. The lowest BCUT2D eigenvalue weighted by Crippen LogP contribution is -2.17. The minimum Gasteiger partial charge on any atom is -0.464 e. The van der Waals surface area contributed by atoms with Gasteiger partial charge in [0, 0.05) is 6.04 Å². The molecule has 1 aromatic carbocycles. The summed E-state index contributed by atoms with van der Waals surface area (Å²) in [5.74, 6) is 0.306. The Balaban J connectivity index is 2.36. The number of benzene rings is 1. The minimum atomic E-state index is -0.257. The lowest BCUT2D eigenvalue weighted by atomic mass is 10.0. The minimum absolute atomic E-state index is 0.203. The van der Waals surface area contributed by atoms with E-state index in [9.17, 15) is 4.39 Å². The Morgan fingerprint density at radius 2 is 2.18 bits per heavy atom. The molecule has 0 aliphatic carbocycles. The van der Waals surface area contributed by atoms with Crippen molar-refractivity contribution in [3.8, 4) is 11.3 Å². The molecule has 0 bridgehead atoms. The molecule has 0 aliphatic heterocycles. The van der Waals surface area contributed by atoms with E-state index < -0.39 is 0 Å². The number of furan rings is 1. The molecule has 1 aromatic heterocycles. The molecule has 2 nitrogen and oxygen atoms in total. The number of halogens is 1. The van der Waals surface area contributed by atoms with E-state index in [2.05, 4.69) is 12.2 Å². The summed E-state index contributed by atoms with van der Waals surface area (Å²) in [7, 11) is 0. The Morgan fingerprint density at radius 3 is 2.82 bits per heavy atom. The second-order valence-corrected chi connectivity index (χ2v) is 4.00. The van der Waals surface area contributed by atoms with E-state index in [0.717, 1.165) is 12.1 Å². The lowest BCUT2D eigenvalue weighted by Gasteiger charge is -2.13. The molecule has 2 aromatic rings. The number of rotatable bonds is 4. The molecule has 3 heteroatoms. The summed E-state index contributed by atoms with van der Waals surface area (Å²) < 4.78 is 18.9. The molecule has 0 amide bonds. The highest BCUT2D eigenvalue weighted by Crippen LogP contribution is 2.26. The molecule has 90 valence electrons. The Morgan fingerprint density at radius 1 is 1.35 bits per heavy atom.